The van der Waals surface area contributed by atoms with Crippen LogP contribution < -0.4 is 16.0 Å². The van der Waals surface area contributed by atoms with E-state index in [4.69, 9.17) is 9.84 Å². The molecule has 0 bridgehead atoms. The molecule has 0 radical (unpaired) electrons. The van der Waals surface area contributed by atoms with Gasteiger partial charge in [0, 0.05) is 17.3 Å². The second-order valence-electron chi connectivity index (χ2n) is 5.64. The second-order valence-corrected chi connectivity index (χ2v) is 5.64. The number of anilines is 1. The third-order valence-electron chi connectivity index (χ3n) is 3.42. The number of carbonyl (C=O) groups is 3. The van der Waals surface area contributed by atoms with Gasteiger partial charge in [-0.05, 0) is 31.0 Å². The maximum atomic E-state index is 12.2. The van der Waals surface area contributed by atoms with E-state index < -0.39 is 17.9 Å². The lowest BCUT2D eigenvalue weighted by molar-refractivity contribution is -0.140. The fourth-order valence-electron chi connectivity index (χ4n) is 2.00. The van der Waals surface area contributed by atoms with Crippen molar-refractivity contribution in [2.45, 2.75) is 24.9 Å². The number of carbonyl (C=O) groups excluding carboxylic acids is 2. The Balaban J connectivity index is 1.94. The lowest BCUT2D eigenvalue weighted by Gasteiger charge is -2.15. The van der Waals surface area contributed by atoms with E-state index in [9.17, 15) is 14.4 Å². The first-order valence-electron chi connectivity index (χ1n) is 7.89. The Hall–Kier alpha value is -2.87. The van der Waals surface area contributed by atoms with Gasteiger partial charge in [-0.2, -0.15) is 0 Å². The minimum atomic E-state index is -1.20. The van der Waals surface area contributed by atoms with Crippen LogP contribution in [0.25, 0.3) is 0 Å². The van der Waals surface area contributed by atoms with E-state index in [1.807, 2.05) is 0 Å². The maximum Gasteiger partial charge on any atom is 0.328 e. The Morgan fingerprint density at radius 2 is 2.12 bits per heavy atom. The van der Waals surface area contributed by atoms with Crippen molar-refractivity contribution in [3.8, 4) is 0 Å². The fraction of sp³-hybridized carbons (Fsp3) is 0.353. The Bertz CT molecular complexity index is 657. The average molecular weight is 347 g/mol. The zero-order valence-corrected chi connectivity index (χ0v) is 13.7. The summed E-state index contributed by atoms with van der Waals surface area (Å²) in [6.07, 6.45) is 3.43. The minimum Gasteiger partial charge on any atom is -0.480 e. The molecule has 0 aromatic heterocycles. The fourth-order valence-corrected chi connectivity index (χ4v) is 2.00. The zero-order valence-electron chi connectivity index (χ0n) is 13.7. The molecule has 3 amide bonds. The van der Waals surface area contributed by atoms with Crippen LogP contribution in [-0.2, 0) is 9.53 Å². The molecule has 1 saturated carbocycles. The molecule has 8 heteroatoms. The topological polar surface area (TPSA) is 117 Å². The van der Waals surface area contributed by atoms with E-state index >= 15 is 0 Å². The van der Waals surface area contributed by atoms with Gasteiger partial charge in [0.1, 0.15) is 0 Å². The molecule has 2 rings (SSSR count). The number of carboxylic acid groups (broad SMARTS) is 1. The smallest absolute Gasteiger partial charge is 0.328 e. The van der Waals surface area contributed by atoms with Crippen LogP contribution in [0, 0.1) is 0 Å². The van der Waals surface area contributed by atoms with Crippen molar-refractivity contribution in [3.05, 3.63) is 42.5 Å². The van der Waals surface area contributed by atoms with Gasteiger partial charge in [0.05, 0.1) is 13.2 Å². The Morgan fingerprint density at radius 3 is 2.76 bits per heavy atom. The van der Waals surface area contributed by atoms with Crippen LogP contribution in [0.2, 0.25) is 0 Å². The quantitative estimate of drug-likeness (QED) is 0.397. The van der Waals surface area contributed by atoms with Gasteiger partial charge in [-0.15, -0.1) is 6.58 Å². The Morgan fingerprint density at radius 1 is 1.36 bits per heavy atom. The molecule has 0 saturated heterocycles. The lowest BCUT2D eigenvalue weighted by Crippen LogP contribution is -2.44. The van der Waals surface area contributed by atoms with Crippen molar-refractivity contribution in [1.82, 2.24) is 10.6 Å². The molecule has 1 aromatic carbocycles. The van der Waals surface area contributed by atoms with Gasteiger partial charge in [0.25, 0.3) is 5.91 Å². The molecule has 134 valence electrons. The summed E-state index contributed by atoms with van der Waals surface area (Å²) in [6, 6.07) is 4.96. The van der Waals surface area contributed by atoms with Crippen molar-refractivity contribution in [1.29, 1.82) is 0 Å². The molecule has 0 heterocycles. The predicted octanol–water partition coefficient (Wildman–Crippen LogP) is 1.36. The van der Waals surface area contributed by atoms with Crippen molar-refractivity contribution in [2.75, 3.05) is 18.5 Å². The first-order valence-corrected chi connectivity index (χ1v) is 7.89. The van der Waals surface area contributed by atoms with Crippen molar-refractivity contribution in [2.24, 2.45) is 0 Å². The number of nitrogens with one attached hydrogen (secondary N) is 3. The number of ether oxygens (including phenoxy) is 1. The molecular formula is C17H21N3O5. The predicted molar refractivity (Wildman–Crippen MR) is 91.5 cm³/mol. The van der Waals surface area contributed by atoms with Gasteiger partial charge >= 0.3 is 12.0 Å². The van der Waals surface area contributed by atoms with Crippen molar-refractivity contribution < 1.29 is 24.2 Å². The van der Waals surface area contributed by atoms with Gasteiger partial charge in [0.2, 0.25) is 0 Å². The molecule has 1 unspecified atom stereocenters. The summed E-state index contributed by atoms with van der Waals surface area (Å²) in [4.78, 5) is 35.2. The van der Waals surface area contributed by atoms with Crippen LogP contribution in [0.15, 0.2) is 36.9 Å². The number of urea groups is 1. The number of rotatable bonds is 9. The summed E-state index contributed by atoms with van der Waals surface area (Å²) < 4.78 is 5.08. The van der Waals surface area contributed by atoms with E-state index in [-0.39, 0.29) is 30.9 Å². The number of aliphatic carboxylic acids is 1. The summed E-state index contributed by atoms with van der Waals surface area (Å²) in [7, 11) is 0. The first kappa shape index (κ1) is 18.5. The van der Waals surface area contributed by atoms with Crippen molar-refractivity contribution in [3.63, 3.8) is 0 Å². The highest BCUT2D eigenvalue weighted by Crippen LogP contribution is 2.19. The van der Waals surface area contributed by atoms with Gasteiger partial charge in [0.15, 0.2) is 6.04 Å². The third-order valence-corrected chi connectivity index (χ3v) is 3.42. The van der Waals surface area contributed by atoms with Crippen LogP contribution in [0.1, 0.15) is 23.2 Å². The molecule has 1 fully saturated rings. The normalized spacial score (nSPS) is 14.2. The van der Waals surface area contributed by atoms with E-state index in [1.54, 1.807) is 12.1 Å². The van der Waals surface area contributed by atoms with Crippen LogP contribution in [-0.4, -0.2) is 48.3 Å². The summed E-state index contributed by atoms with van der Waals surface area (Å²) in [5.74, 6) is -1.77. The number of benzene rings is 1. The number of hydrogen-bond acceptors (Lipinski definition) is 4. The summed E-state index contributed by atoms with van der Waals surface area (Å²) in [5, 5.41) is 17.0. The third kappa shape index (κ3) is 6.27. The average Bonchev–Trinajstić information content (AvgIpc) is 3.37. The largest absolute Gasteiger partial charge is 0.480 e. The van der Waals surface area contributed by atoms with E-state index in [2.05, 4.69) is 22.5 Å². The van der Waals surface area contributed by atoms with Crippen LogP contribution in [0.5, 0.6) is 0 Å². The van der Waals surface area contributed by atoms with Gasteiger partial charge < -0.3 is 25.8 Å². The molecule has 1 atom stereocenters. The molecule has 0 aliphatic heterocycles. The molecule has 1 aromatic rings. The van der Waals surface area contributed by atoms with E-state index in [0.717, 1.165) is 12.8 Å². The number of carboxylic acids is 1. The molecule has 8 nitrogen and oxygen atoms in total. The second kappa shape index (κ2) is 8.84. The summed E-state index contributed by atoms with van der Waals surface area (Å²) in [6.45, 7) is 3.48. The first-order chi connectivity index (χ1) is 12.0. The van der Waals surface area contributed by atoms with Crippen LogP contribution in [0.4, 0.5) is 10.5 Å². The molecule has 0 spiro atoms. The summed E-state index contributed by atoms with van der Waals surface area (Å²) >= 11 is 0. The summed E-state index contributed by atoms with van der Waals surface area (Å²) in [5.41, 5.74) is 0.680. The molecular weight excluding hydrogens is 326 g/mol. The van der Waals surface area contributed by atoms with Gasteiger partial charge in [-0.1, -0.05) is 12.1 Å². The molecule has 4 N–H and O–H groups in total. The number of hydrogen-bond donors (Lipinski definition) is 4. The van der Waals surface area contributed by atoms with E-state index in [1.165, 1.54) is 18.2 Å². The monoisotopic (exact) mass is 347 g/mol. The Kier molecular flexibility index (Phi) is 6.53. The van der Waals surface area contributed by atoms with Crippen molar-refractivity contribution >= 4 is 23.6 Å². The molecule has 1 aliphatic carbocycles. The molecule has 25 heavy (non-hydrogen) atoms. The van der Waals surface area contributed by atoms with Gasteiger partial charge in [-0.3, -0.25) is 4.79 Å². The number of amides is 3. The standard InChI is InChI=1S/C17H21N3O5/c1-2-8-25-10-14(16(22)23)20-15(21)11-4-3-5-13(9-11)19-17(24)18-12-6-7-12/h2-5,9,12,14H,1,6-8,10H2,(H,20,21)(H,22,23)(H2,18,19,24). The minimum absolute atomic E-state index is 0.172. The highest BCUT2D eigenvalue weighted by molar-refractivity contribution is 5.98. The SMILES string of the molecule is C=CCOCC(NC(=O)c1cccc(NC(=O)NC2CC2)c1)C(=O)O. The van der Waals surface area contributed by atoms with Gasteiger partial charge in [-0.25, -0.2) is 9.59 Å². The van der Waals surface area contributed by atoms with Crippen LogP contribution in [0.3, 0.4) is 0 Å². The highest BCUT2D eigenvalue weighted by Gasteiger charge is 2.23. The van der Waals surface area contributed by atoms with Crippen LogP contribution >= 0.6 is 0 Å². The zero-order chi connectivity index (χ0) is 18.2. The maximum absolute atomic E-state index is 12.2. The Labute approximate surface area is 145 Å². The molecule has 1 aliphatic rings. The highest BCUT2D eigenvalue weighted by atomic mass is 16.5. The van der Waals surface area contributed by atoms with E-state index in [0.29, 0.717) is 5.69 Å². The lowest BCUT2D eigenvalue weighted by atomic mass is 10.1.